The molecule has 0 N–H and O–H groups in total. The van der Waals surface area contributed by atoms with Crippen molar-refractivity contribution in [2.75, 3.05) is 19.8 Å². The summed E-state index contributed by atoms with van der Waals surface area (Å²) in [5, 5.41) is 0. The molecule has 0 spiro atoms. The minimum Gasteiger partial charge on any atom is -0.301 e. The first-order chi connectivity index (χ1) is 7.92. The fraction of sp³-hybridized carbons (Fsp3) is 0.417. The maximum Gasteiger partial charge on any atom is 0.178 e. The molecular formula is C12H17NO3S. The van der Waals surface area contributed by atoms with Gasteiger partial charge < -0.3 is 4.79 Å². The number of likely N-dealkylation sites (N-methyl/N-ethyl adjacent to an activating group) is 1. The second-order valence-electron chi connectivity index (χ2n) is 4.02. The molecule has 1 aromatic carbocycles. The molecule has 0 bridgehead atoms. The highest BCUT2D eigenvalue weighted by Crippen LogP contribution is 2.19. The van der Waals surface area contributed by atoms with Crippen LogP contribution in [0.1, 0.15) is 18.5 Å². The summed E-state index contributed by atoms with van der Waals surface area (Å²) in [7, 11) is 0.433. The molecule has 5 heteroatoms. The lowest BCUT2D eigenvalue weighted by Crippen LogP contribution is -2.21. The van der Waals surface area contributed by atoms with Gasteiger partial charge in [-0.1, -0.05) is 19.1 Å². The normalized spacial score (nSPS) is 13.6. The van der Waals surface area contributed by atoms with Crippen LogP contribution in [0.15, 0.2) is 29.2 Å². The number of hydrogen-bond acceptors (Lipinski definition) is 4. The van der Waals surface area contributed by atoms with Crippen LogP contribution in [-0.2, 0) is 14.6 Å². The van der Waals surface area contributed by atoms with Crippen LogP contribution in [0.5, 0.6) is 0 Å². The standard InChI is InChI=1S/C12H17NO3S/c1-4-17(15,16)11-7-5-10(6-8-11)12(9-14)13(2)3/h5-9,12H,4H2,1-3H3. The Balaban J connectivity index is 3.07. The molecule has 0 saturated heterocycles. The molecule has 1 rings (SSSR count). The molecule has 0 aliphatic carbocycles. The van der Waals surface area contributed by atoms with Gasteiger partial charge in [-0.3, -0.25) is 4.90 Å². The van der Waals surface area contributed by atoms with E-state index in [-0.39, 0.29) is 11.8 Å². The molecule has 0 aromatic heterocycles. The SMILES string of the molecule is CCS(=O)(=O)c1ccc(C(C=O)N(C)C)cc1. The van der Waals surface area contributed by atoms with E-state index in [1.54, 1.807) is 50.2 Å². The number of rotatable bonds is 5. The summed E-state index contributed by atoms with van der Waals surface area (Å²) < 4.78 is 23.2. The first-order valence-electron chi connectivity index (χ1n) is 5.36. The van der Waals surface area contributed by atoms with Gasteiger partial charge in [0.05, 0.1) is 16.7 Å². The van der Waals surface area contributed by atoms with E-state index in [9.17, 15) is 13.2 Å². The predicted molar refractivity (Wildman–Crippen MR) is 66.7 cm³/mol. The van der Waals surface area contributed by atoms with Gasteiger partial charge in [0.2, 0.25) is 0 Å². The second kappa shape index (κ2) is 5.42. The summed E-state index contributed by atoms with van der Waals surface area (Å²) >= 11 is 0. The quantitative estimate of drug-likeness (QED) is 0.744. The average molecular weight is 255 g/mol. The molecule has 1 aromatic rings. The van der Waals surface area contributed by atoms with E-state index in [1.165, 1.54) is 0 Å². The van der Waals surface area contributed by atoms with Crippen LogP contribution < -0.4 is 0 Å². The Morgan fingerprint density at radius 3 is 2.12 bits per heavy atom. The van der Waals surface area contributed by atoms with E-state index in [0.717, 1.165) is 11.8 Å². The lowest BCUT2D eigenvalue weighted by Gasteiger charge is -2.18. The lowest BCUT2D eigenvalue weighted by atomic mass is 10.1. The van der Waals surface area contributed by atoms with Gasteiger partial charge in [-0.2, -0.15) is 0 Å². The van der Waals surface area contributed by atoms with E-state index in [0.29, 0.717) is 4.90 Å². The van der Waals surface area contributed by atoms with Crippen molar-refractivity contribution in [2.45, 2.75) is 17.9 Å². The summed E-state index contributed by atoms with van der Waals surface area (Å²) in [6, 6.07) is 6.12. The minimum atomic E-state index is -3.17. The van der Waals surface area contributed by atoms with Crippen LogP contribution in [0.2, 0.25) is 0 Å². The third kappa shape index (κ3) is 3.14. The zero-order valence-electron chi connectivity index (χ0n) is 10.3. The van der Waals surface area contributed by atoms with E-state index in [2.05, 4.69) is 0 Å². The van der Waals surface area contributed by atoms with E-state index in [1.807, 2.05) is 0 Å². The van der Waals surface area contributed by atoms with Crippen LogP contribution in [0.25, 0.3) is 0 Å². The summed E-state index contributed by atoms with van der Waals surface area (Å²) in [5.74, 6) is 0.0805. The largest absolute Gasteiger partial charge is 0.301 e. The molecule has 1 atom stereocenters. The van der Waals surface area contributed by atoms with Gasteiger partial charge in [0.25, 0.3) is 0 Å². The maximum atomic E-state index is 11.6. The fourth-order valence-electron chi connectivity index (χ4n) is 1.54. The topological polar surface area (TPSA) is 54.5 Å². The smallest absolute Gasteiger partial charge is 0.178 e. The molecule has 0 amide bonds. The molecular weight excluding hydrogens is 238 g/mol. The fourth-order valence-corrected chi connectivity index (χ4v) is 2.42. The van der Waals surface area contributed by atoms with E-state index >= 15 is 0 Å². The zero-order chi connectivity index (χ0) is 13.1. The number of nitrogens with zero attached hydrogens (tertiary/aromatic N) is 1. The molecule has 17 heavy (non-hydrogen) atoms. The van der Waals surface area contributed by atoms with Crippen molar-refractivity contribution in [3.63, 3.8) is 0 Å². The molecule has 4 nitrogen and oxygen atoms in total. The van der Waals surface area contributed by atoms with E-state index in [4.69, 9.17) is 0 Å². The molecule has 0 saturated carbocycles. The van der Waals surface area contributed by atoms with Gasteiger partial charge in [0.1, 0.15) is 6.29 Å². The van der Waals surface area contributed by atoms with Gasteiger partial charge in [0, 0.05) is 0 Å². The van der Waals surface area contributed by atoms with Crippen molar-refractivity contribution in [1.29, 1.82) is 0 Å². The summed E-state index contributed by atoms with van der Waals surface area (Å²) in [4.78, 5) is 13.0. The van der Waals surface area contributed by atoms with Crippen molar-refractivity contribution in [1.82, 2.24) is 4.90 Å². The second-order valence-corrected chi connectivity index (χ2v) is 6.30. The Labute approximate surface area is 102 Å². The van der Waals surface area contributed by atoms with Crippen LogP contribution in [0.3, 0.4) is 0 Å². The van der Waals surface area contributed by atoms with Crippen LogP contribution >= 0.6 is 0 Å². The first kappa shape index (κ1) is 13.9. The monoisotopic (exact) mass is 255 g/mol. The number of aldehydes is 1. The van der Waals surface area contributed by atoms with Crippen molar-refractivity contribution in [3.8, 4) is 0 Å². The Morgan fingerprint density at radius 1 is 1.24 bits per heavy atom. The highest BCUT2D eigenvalue weighted by molar-refractivity contribution is 7.91. The molecule has 0 fully saturated rings. The van der Waals surface area contributed by atoms with E-state index < -0.39 is 9.84 Å². The van der Waals surface area contributed by atoms with Crippen molar-refractivity contribution >= 4 is 16.1 Å². The minimum absolute atomic E-state index is 0.0805. The van der Waals surface area contributed by atoms with Gasteiger partial charge in [-0.05, 0) is 31.8 Å². The summed E-state index contributed by atoms with van der Waals surface area (Å²) in [5.41, 5.74) is 0.792. The van der Waals surface area contributed by atoms with Gasteiger partial charge in [-0.15, -0.1) is 0 Å². The van der Waals surface area contributed by atoms with Gasteiger partial charge in [0.15, 0.2) is 9.84 Å². The third-order valence-electron chi connectivity index (χ3n) is 2.65. The third-order valence-corrected chi connectivity index (χ3v) is 4.40. The zero-order valence-corrected chi connectivity index (χ0v) is 11.1. The Morgan fingerprint density at radius 2 is 1.76 bits per heavy atom. The Hall–Kier alpha value is -1.20. The summed E-state index contributed by atoms with van der Waals surface area (Å²) in [6.45, 7) is 1.61. The van der Waals surface area contributed by atoms with Gasteiger partial charge >= 0.3 is 0 Å². The predicted octanol–water partition coefficient (Wildman–Crippen LogP) is 1.28. The number of benzene rings is 1. The molecule has 0 heterocycles. The molecule has 0 aliphatic heterocycles. The number of carbonyl (C=O) groups excluding carboxylic acids is 1. The summed E-state index contributed by atoms with van der Waals surface area (Å²) in [6.07, 6.45) is 0.837. The molecule has 0 aliphatic rings. The number of carbonyl (C=O) groups is 1. The van der Waals surface area contributed by atoms with Gasteiger partial charge in [-0.25, -0.2) is 8.42 Å². The molecule has 1 unspecified atom stereocenters. The van der Waals surface area contributed by atoms with Crippen LogP contribution in [0, 0.1) is 0 Å². The van der Waals surface area contributed by atoms with Crippen molar-refractivity contribution < 1.29 is 13.2 Å². The number of hydrogen-bond donors (Lipinski definition) is 0. The molecule has 94 valence electrons. The van der Waals surface area contributed by atoms with Crippen LogP contribution in [-0.4, -0.2) is 39.5 Å². The van der Waals surface area contributed by atoms with Crippen LogP contribution in [0.4, 0.5) is 0 Å². The average Bonchev–Trinajstić information content (AvgIpc) is 2.30. The lowest BCUT2D eigenvalue weighted by molar-refractivity contribution is -0.111. The maximum absolute atomic E-state index is 11.6. The highest BCUT2D eigenvalue weighted by atomic mass is 32.2. The molecule has 0 radical (unpaired) electrons. The first-order valence-corrected chi connectivity index (χ1v) is 7.02. The van der Waals surface area contributed by atoms with Crippen molar-refractivity contribution in [3.05, 3.63) is 29.8 Å². The van der Waals surface area contributed by atoms with Crippen molar-refractivity contribution in [2.24, 2.45) is 0 Å². The highest BCUT2D eigenvalue weighted by Gasteiger charge is 2.15. The Bertz CT molecular complexity index is 477. The Kier molecular flexibility index (Phi) is 4.42. The number of sulfone groups is 1.